The Kier molecular flexibility index (Phi) is 5.81. The van der Waals surface area contributed by atoms with Crippen molar-refractivity contribution in [3.63, 3.8) is 0 Å². The lowest BCUT2D eigenvalue weighted by atomic mass is 10.1. The van der Waals surface area contributed by atoms with Crippen LogP contribution in [0.5, 0.6) is 0 Å². The number of aryl methyl sites for hydroxylation is 1. The van der Waals surface area contributed by atoms with E-state index in [1.54, 1.807) is 10.9 Å². The summed E-state index contributed by atoms with van der Waals surface area (Å²) >= 11 is 0. The average Bonchev–Trinajstić information content (AvgIpc) is 2.76. The van der Waals surface area contributed by atoms with Crippen LogP contribution in [0.2, 0.25) is 0 Å². The number of nitrogens with zero attached hydrogens (tertiary/aromatic N) is 2. The molecule has 5 nitrogen and oxygen atoms in total. The van der Waals surface area contributed by atoms with Gasteiger partial charge in [0, 0.05) is 25.0 Å². The van der Waals surface area contributed by atoms with Crippen molar-refractivity contribution < 1.29 is 8.42 Å². The van der Waals surface area contributed by atoms with E-state index in [4.69, 9.17) is 0 Å². The molecular formula is C12H23N3O2S. The summed E-state index contributed by atoms with van der Waals surface area (Å²) in [5.41, 5.74) is 0. The summed E-state index contributed by atoms with van der Waals surface area (Å²) < 4.78 is 24.3. The van der Waals surface area contributed by atoms with Crippen LogP contribution in [-0.2, 0) is 16.4 Å². The van der Waals surface area contributed by atoms with E-state index in [0.717, 1.165) is 32.4 Å². The molecule has 0 amide bonds. The van der Waals surface area contributed by atoms with Crippen LogP contribution in [-0.4, -0.2) is 37.0 Å². The van der Waals surface area contributed by atoms with Crippen molar-refractivity contribution in [2.75, 3.05) is 12.8 Å². The highest BCUT2D eigenvalue weighted by atomic mass is 32.2. The molecule has 0 fully saturated rings. The van der Waals surface area contributed by atoms with Crippen LogP contribution in [0.4, 0.5) is 0 Å². The Morgan fingerprint density at radius 2 is 2.17 bits per heavy atom. The Morgan fingerprint density at radius 3 is 2.67 bits per heavy atom. The van der Waals surface area contributed by atoms with Crippen molar-refractivity contribution in [3.8, 4) is 0 Å². The second-order valence-electron chi connectivity index (χ2n) is 4.52. The molecular weight excluding hydrogens is 250 g/mol. The molecule has 1 N–H and O–H groups in total. The van der Waals surface area contributed by atoms with Crippen LogP contribution in [0.25, 0.3) is 0 Å². The lowest BCUT2D eigenvalue weighted by Gasteiger charge is -2.15. The second-order valence-corrected chi connectivity index (χ2v) is 6.53. The third kappa shape index (κ3) is 4.78. The first kappa shape index (κ1) is 15.2. The number of rotatable bonds is 8. The molecule has 0 saturated heterocycles. The van der Waals surface area contributed by atoms with Crippen molar-refractivity contribution in [1.82, 2.24) is 15.1 Å². The number of sulfone groups is 1. The van der Waals surface area contributed by atoms with Crippen LogP contribution in [0, 0.1) is 0 Å². The Hall–Kier alpha value is -0.880. The molecule has 0 aliphatic heterocycles. The molecule has 1 aromatic rings. The van der Waals surface area contributed by atoms with Gasteiger partial charge in [-0.25, -0.2) is 8.42 Å². The van der Waals surface area contributed by atoms with Gasteiger partial charge in [-0.2, -0.15) is 5.10 Å². The molecule has 0 aliphatic rings. The third-order valence-electron chi connectivity index (χ3n) is 2.96. The minimum Gasteiger partial charge on any atom is -0.314 e. The first-order valence-corrected chi connectivity index (χ1v) is 8.32. The number of aromatic nitrogens is 2. The number of hydrogen-bond donors (Lipinski definition) is 1. The maximum absolute atomic E-state index is 11.3. The molecule has 1 heterocycles. The first-order valence-electron chi connectivity index (χ1n) is 6.43. The summed E-state index contributed by atoms with van der Waals surface area (Å²) in [5, 5.41) is 7.49. The quantitative estimate of drug-likeness (QED) is 0.779. The van der Waals surface area contributed by atoms with E-state index >= 15 is 0 Å². The first-order chi connectivity index (χ1) is 8.47. The molecule has 6 heteroatoms. The Balaban J connectivity index is 2.42. The van der Waals surface area contributed by atoms with Gasteiger partial charge in [0.25, 0.3) is 0 Å². The van der Waals surface area contributed by atoms with Crippen molar-refractivity contribution in [3.05, 3.63) is 12.4 Å². The van der Waals surface area contributed by atoms with E-state index in [2.05, 4.69) is 24.3 Å². The molecule has 0 radical (unpaired) electrons. The summed E-state index contributed by atoms with van der Waals surface area (Å²) in [4.78, 5) is 0.293. The molecule has 18 heavy (non-hydrogen) atoms. The Labute approximate surface area is 109 Å². The molecule has 1 rings (SSSR count). The monoisotopic (exact) mass is 273 g/mol. The third-order valence-corrected chi connectivity index (χ3v) is 4.03. The molecule has 1 unspecified atom stereocenters. The molecule has 0 spiro atoms. The fraction of sp³-hybridized carbons (Fsp3) is 0.750. The van der Waals surface area contributed by atoms with Gasteiger partial charge in [0.05, 0.1) is 6.20 Å². The van der Waals surface area contributed by atoms with Gasteiger partial charge in [-0.1, -0.05) is 13.8 Å². The maximum atomic E-state index is 11.3. The molecule has 0 bridgehead atoms. The van der Waals surface area contributed by atoms with Gasteiger partial charge in [-0.15, -0.1) is 0 Å². The van der Waals surface area contributed by atoms with E-state index in [0.29, 0.717) is 10.9 Å². The molecule has 104 valence electrons. The second kappa shape index (κ2) is 6.89. The van der Waals surface area contributed by atoms with Gasteiger partial charge in [-0.3, -0.25) is 4.68 Å². The smallest absolute Gasteiger partial charge is 0.178 e. The number of hydrogen-bond acceptors (Lipinski definition) is 4. The van der Waals surface area contributed by atoms with Gasteiger partial charge < -0.3 is 5.32 Å². The van der Waals surface area contributed by atoms with Crippen LogP contribution in [0.15, 0.2) is 17.3 Å². The van der Waals surface area contributed by atoms with E-state index in [-0.39, 0.29) is 0 Å². The van der Waals surface area contributed by atoms with Crippen molar-refractivity contribution in [2.24, 2.45) is 0 Å². The highest BCUT2D eigenvalue weighted by molar-refractivity contribution is 7.90. The van der Waals surface area contributed by atoms with Crippen molar-refractivity contribution in [1.29, 1.82) is 0 Å². The predicted octanol–water partition coefficient (Wildman–Crippen LogP) is 1.45. The summed E-state index contributed by atoms with van der Waals surface area (Å²) in [5.74, 6) is 0. The molecule has 1 atom stereocenters. The fourth-order valence-corrected chi connectivity index (χ4v) is 2.45. The minimum atomic E-state index is -3.13. The normalized spacial score (nSPS) is 13.7. The fourth-order valence-electron chi connectivity index (χ4n) is 1.90. The standard InChI is InChI=1S/C12H23N3O2S/c1-4-11(13-5-2)7-6-8-15-10-12(9-14-15)18(3,16)17/h9-11,13H,4-8H2,1-3H3. The summed E-state index contributed by atoms with van der Waals surface area (Å²) in [7, 11) is -3.13. The lowest BCUT2D eigenvalue weighted by Crippen LogP contribution is -2.28. The average molecular weight is 273 g/mol. The zero-order valence-electron chi connectivity index (χ0n) is 11.4. The van der Waals surface area contributed by atoms with Gasteiger partial charge in [0.2, 0.25) is 0 Å². The molecule has 0 saturated carbocycles. The van der Waals surface area contributed by atoms with Crippen LogP contribution >= 0.6 is 0 Å². The predicted molar refractivity (Wildman–Crippen MR) is 72.3 cm³/mol. The Morgan fingerprint density at radius 1 is 1.44 bits per heavy atom. The summed E-state index contributed by atoms with van der Waals surface area (Å²) in [6, 6.07) is 0.542. The zero-order chi connectivity index (χ0) is 13.6. The highest BCUT2D eigenvalue weighted by Crippen LogP contribution is 2.08. The minimum absolute atomic E-state index is 0.293. The van der Waals surface area contributed by atoms with Crippen LogP contribution < -0.4 is 5.32 Å². The van der Waals surface area contributed by atoms with E-state index < -0.39 is 9.84 Å². The summed E-state index contributed by atoms with van der Waals surface area (Å²) in [6.45, 7) is 6.02. The van der Waals surface area contributed by atoms with Gasteiger partial charge in [0.1, 0.15) is 4.90 Å². The van der Waals surface area contributed by atoms with Crippen LogP contribution in [0.1, 0.15) is 33.1 Å². The van der Waals surface area contributed by atoms with Crippen molar-refractivity contribution >= 4 is 9.84 Å². The van der Waals surface area contributed by atoms with E-state index in [1.807, 2.05) is 0 Å². The van der Waals surface area contributed by atoms with E-state index in [9.17, 15) is 8.42 Å². The molecule has 0 aliphatic carbocycles. The van der Waals surface area contributed by atoms with Gasteiger partial charge in [-0.05, 0) is 25.8 Å². The lowest BCUT2D eigenvalue weighted by molar-refractivity contribution is 0.439. The molecule has 1 aromatic heterocycles. The maximum Gasteiger partial charge on any atom is 0.178 e. The van der Waals surface area contributed by atoms with Crippen molar-refractivity contribution in [2.45, 2.75) is 50.6 Å². The zero-order valence-corrected chi connectivity index (χ0v) is 12.2. The molecule has 0 aromatic carbocycles. The highest BCUT2D eigenvalue weighted by Gasteiger charge is 2.10. The topological polar surface area (TPSA) is 64.0 Å². The summed E-state index contributed by atoms with van der Waals surface area (Å²) in [6.07, 6.45) is 7.41. The SMILES string of the molecule is CCNC(CC)CCCn1cc(S(C)(=O)=O)cn1. The Bertz CT molecular complexity index is 454. The largest absolute Gasteiger partial charge is 0.314 e. The van der Waals surface area contributed by atoms with Crippen LogP contribution in [0.3, 0.4) is 0 Å². The van der Waals surface area contributed by atoms with Gasteiger partial charge >= 0.3 is 0 Å². The van der Waals surface area contributed by atoms with E-state index in [1.165, 1.54) is 12.5 Å². The number of nitrogens with one attached hydrogen (secondary N) is 1. The van der Waals surface area contributed by atoms with Gasteiger partial charge in [0.15, 0.2) is 9.84 Å².